The van der Waals surface area contributed by atoms with E-state index in [0.29, 0.717) is 22.8 Å². The largest absolute Gasteiger partial charge is 0.492 e. The number of aromatic nitrogens is 4. The van der Waals surface area contributed by atoms with Crippen molar-refractivity contribution in [2.24, 2.45) is 5.41 Å². The van der Waals surface area contributed by atoms with Crippen molar-refractivity contribution in [3.05, 3.63) is 72.8 Å². The predicted molar refractivity (Wildman–Crippen MR) is 122 cm³/mol. The number of halogens is 3. The van der Waals surface area contributed by atoms with Gasteiger partial charge in [0.1, 0.15) is 18.2 Å². The van der Waals surface area contributed by atoms with Crippen LogP contribution < -0.4 is 4.74 Å². The number of imidazole rings is 1. The van der Waals surface area contributed by atoms with E-state index in [1.165, 1.54) is 18.5 Å². The van der Waals surface area contributed by atoms with Gasteiger partial charge in [-0.25, -0.2) is 4.98 Å². The van der Waals surface area contributed by atoms with Crippen LogP contribution in [0.4, 0.5) is 13.2 Å². The molecular formula is C25H21F3N4O3. The van der Waals surface area contributed by atoms with E-state index in [1.807, 2.05) is 0 Å². The zero-order chi connectivity index (χ0) is 25.2. The van der Waals surface area contributed by atoms with Crippen molar-refractivity contribution in [1.82, 2.24) is 19.9 Å². The molecule has 0 aliphatic heterocycles. The summed E-state index contributed by atoms with van der Waals surface area (Å²) in [5.41, 5.74) is 0.430. The van der Waals surface area contributed by atoms with Crippen LogP contribution in [0.3, 0.4) is 0 Å². The fraction of sp³-hybridized carbons (Fsp3) is 0.200. The molecule has 35 heavy (non-hydrogen) atoms. The van der Waals surface area contributed by atoms with Gasteiger partial charge >= 0.3 is 12.1 Å². The number of hydrogen-bond donors (Lipinski definition) is 2. The molecule has 0 bridgehead atoms. The number of aliphatic carboxylic acids is 1. The molecule has 3 heterocycles. The van der Waals surface area contributed by atoms with Gasteiger partial charge in [-0.05, 0) is 56.3 Å². The summed E-state index contributed by atoms with van der Waals surface area (Å²) in [7, 11) is 0. The normalized spacial score (nSPS) is 11.9. The second-order valence-corrected chi connectivity index (χ2v) is 8.50. The molecule has 0 radical (unpaired) electrons. The van der Waals surface area contributed by atoms with Crippen molar-refractivity contribution in [1.29, 1.82) is 0 Å². The summed E-state index contributed by atoms with van der Waals surface area (Å²) in [5.74, 6) is -0.0189. The molecule has 4 aromatic rings. The Morgan fingerprint density at radius 2 is 1.69 bits per heavy atom. The van der Waals surface area contributed by atoms with Crippen LogP contribution in [-0.4, -0.2) is 37.6 Å². The lowest BCUT2D eigenvalue weighted by Crippen LogP contribution is -2.30. The van der Waals surface area contributed by atoms with Crippen molar-refractivity contribution >= 4 is 5.97 Å². The molecule has 0 atom stereocenters. The summed E-state index contributed by atoms with van der Waals surface area (Å²) < 4.78 is 45.5. The highest BCUT2D eigenvalue weighted by atomic mass is 19.4. The molecule has 0 spiro atoms. The third-order valence-electron chi connectivity index (χ3n) is 5.36. The molecule has 0 unspecified atom stereocenters. The second kappa shape index (κ2) is 9.21. The molecule has 180 valence electrons. The Morgan fingerprint density at radius 3 is 2.31 bits per heavy atom. The van der Waals surface area contributed by atoms with Gasteiger partial charge in [0.25, 0.3) is 0 Å². The van der Waals surface area contributed by atoms with Gasteiger partial charge in [0.15, 0.2) is 0 Å². The number of nitrogens with zero attached hydrogens (tertiary/aromatic N) is 3. The average Bonchev–Trinajstić information content (AvgIpc) is 3.33. The predicted octanol–water partition coefficient (Wildman–Crippen LogP) is 5.71. The zero-order valence-electron chi connectivity index (χ0n) is 18.8. The van der Waals surface area contributed by atoms with Gasteiger partial charge in [-0.2, -0.15) is 13.2 Å². The molecule has 10 heteroatoms. The van der Waals surface area contributed by atoms with E-state index >= 15 is 0 Å². The lowest BCUT2D eigenvalue weighted by Gasteiger charge is -2.19. The maximum absolute atomic E-state index is 13.3. The molecule has 2 N–H and O–H groups in total. The number of rotatable bonds is 7. The maximum atomic E-state index is 13.3. The Labute approximate surface area is 198 Å². The number of benzene rings is 1. The molecule has 3 aromatic heterocycles. The van der Waals surface area contributed by atoms with Crippen LogP contribution in [0.1, 0.15) is 19.4 Å². The van der Waals surface area contributed by atoms with Gasteiger partial charge in [0.05, 0.1) is 28.6 Å². The Balaban J connectivity index is 1.49. The summed E-state index contributed by atoms with van der Waals surface area (Å²) in [6.45, 7) is 3.20. The van der Waals surface area contributed by atoms with E-state index < -0.39 is 23.1 Å². The number of aromatic amines is 1. The van der Waals surface area contributed by atoms with Gasteiger partial charge in [-0.1, -0.05) is 0 Å². The minimum atomic E-state index is -4.54. The van der Waals surface area contributed by atoms with Gasteiger partial charge < -0.3 is 14.8 Å². The quantitative estimate of drug-likeness (QED) is 0.350. The highest BCUT2D eigenvalue weighted by Crippen LogP contribution is 2.36. The minimum absolute atomic E-state index is 0.0315. The monoisotopic (exact) mass is 482 g/mol. The van der Waals surface area contributed by atoms with E-state index in [0.717, 1.165) is 11.8 Å². The molecule has 4 rings (SSSR count). The van der Waals surface area contributed by atoms with Crippen molar-refractivity contribution in [3.8, 4) is 39.7 Å². The smallest absolute Gasteiger partial charge is 0.418 e. The molecule has 0 aliphatic rings. The van der Waals surface area contributed by atoms with Gasteiger partial charge in [0, 0.05) is 35.3 Å². The van der Waals surface area contributed by atoms with Crippen LogP contribution in [0.15, 0.2) is 67.3 Å². The molecule has 0 fully saturated rings. The number of pyridine rings is 2. The van der Waals surface area contributed by atoms with E-state index in [2.05, 4.69) is 19.9 Å². The first-order valence-corrected chi connectivity index (χ1v) is 10.5. The van der Waals surface area contributed by atoms with Crippen LogP contribution in [0.5, 0.6) is 5.75 Å². The lowest BCUT2D eigenvalue weighted by molar-refractivity contribution is -0.148. The summed E-state index contributed by atoms with van der Waals surface area (Å²) in [6, 6.07) is 11.9. The molecule has 7 nitrogen and oxygen atoms in total. The number of nitrogens with one attached hydrogen (secondary N) is 1. The summed E-state index contributed by atoms with van der Waals surface area (Å²) >= 11 is 0. The fourth-order valence-corrected chi connectivity index (χ4v) is 3.21. The number of H-pyrrole nitrogens is 1. The lowest BCUT2D eigenvalue weighted by atomic mass is 9.95. The molecule has 0 amide bonds. The first-order valence-electron chi connectivity index (χ1n) is 10.5. The van der Waals surface area contributed by atoms with Crippen molar-refractivity contribution in [2.75, 3.05) is 6.61 Å². The number of carboxylic acids is 1. The first kappa shape index (κ1) is 23.9. The number of hydrogen-bond acceptors (Lipinski definition) is 5. The number of carbonyl (C=O) groups is 1. The average molecular weight is 482 g/mol. The minimum Gasteiger partial charge on any atom is -0.492 e. The molecular weight excluding hydrogens is 461 g/mol. The Bertz CT molecular complexity index is 1330. The highest BCUT2D eigenvalue weighted by molar-refractivity contribution is 5.73. The van der Waals surface area contributed by atoms with Gasteiger partial charge in [-0.3, -0.25) is 14.8 Å². The summed E-state index contributed by atoms with van der Waals surface area (Å²) in [5, 5.41) is 9.18. The van der Waals surface area contributed by atoms with E-state index in [-0.39, 0.29) is 17.9 Å². The van der Waals surface area contributed by atoms with Crippen molar-refractivity contribution in [3.63, 3.8) is 0 Å². The number of alkyl halides is 3. The van der Waals surface area contributed by atoms with Crippen LogP contribution in [0, 0.1) is 5.41 Å². The van der Waals surface area contributed by atoms with Gasteiger partial charge in [-0.15, -0.1) is 0 Å². The molecule has 0 saturated heterocycles. The Kier molecular flexibility index (Phi) is 6.29. The third kappa shape index (κ3) is 5.32. The number of ether oxygens (including phenoxy) is 1. The van der Waals surface area contributed by atoms with Crippen LogP contribution in [0.25, 0.3) is 33.9 Å². The fourth-order valence-electron chi connectivity index (χ4n) is 3.21. The Morgan fingerprint density at radius 1 is 0.971 bits per heavy atom. The Hall–Kier alpha value is -4.21. The second-order valence-electron chi connectivity index (χ2n) is 8.50. The molecule has 1 aromatic carbocycles. The summed E-state index contributed by atoms with van der Waals surface area (Å²) in [6.07, 6.45) is 0.471. The maximum Gasteiger partial charge on any atom is 0.418 e. The van der Waals surface area contributed by atoms with E-state index in [1.54, 1.807) is 56.4 Å². The van der Waals surface area contributed by atoms with Crippen molar-refractivity contribution < 1.29 is 27.8 Å². The summed E-state index contributed by atoms with van der Waals surface area (Å²) in [4.78, 5) is 26.3. The highest BCUT2D eigenvalue weighted by Gasteiger charge is 2.34. The van der Waals surface area contributed by atoms with Crippen LogP contribution >= 0.6 is 0 Å². The van der Waals surface area contributed by atoms with Crippen LogP contribution in [0.2, 0.25) is 0 Å². The first-order chi connectivity index (χ1) is 16.5. The topological polar surface area (TPSA) is 101 Å². The molecule has 0 aliphatic carbocycles. The van der Waals surface area contributed by atoms with E-state index in [9.17, 15) is 23.1 Å². The van der Waals surface area contributed by atoms with Crippen LogP contribution in [-0.2, 0) is 11.0 Å². The SMILES string of the molecule is CC(C)(COc1ccc(-c2ccc(-c3ncc(-c4ccncc4C(F)(F)F)[nH]3)cn2)cc1)C(=O)O. The molecule has 0 saturated carbocycles. The van der Waals surface area contributed by atoms with Crippen molar-refractivity contribution in [2.45, 2.75) is 20.0 Å². The van der Waals surface area contributed by atoms with Gasteiger partial charge in [0.2, 0.25) is 0 Å². The zero-order valence-corrected chi connectivity index (χ0v) is 18.8. The number of carboxylic acid groups (broad SMARTS) is 1. The van der Waals surface area contributed by atoms with E-state index in [4.69, 9.17) is 4.74 Å². The third-order valence-corrected chi connectivity index (χ3v) is 5.36. The standard InChI is InChI=1S/C25H21F3N4O3/c1-24(2,23(33)34)14-35-17-6-3-15(4-7-17)20-8-5-16(11-30-20)22-31-13-21(32-22)18-9-10-29-12-19(18)25(26,27)28/h3-13H,14H2,1-2H3,(H,31,32)(H,33,34).